The molecule has 0 spiro atoms. The maximum atomic E-state index is 11.3. The third kappa shape index (κ3) is 3.90. The molecular formula is C9H15N5O. The fourth-order valence-corrected chi connectivity index (χ4v) is 1.03. The van der Waals surface area contributed by atoms with Gasteiger partial charge in [0.15, 0.2) is 0 Å². The molecule has 0 aliphatic heterocycles. The third-order valence-corrected chi connectivity index (χ3v) is 1.77. The average Bonchev–Trinajstić information content (AvgIpc) is 2.66. The smallest absolute Gasteiger partial charge is 0.241 e. The van der Waals surface area contributed by atoms with Crippen molar-refractivity contribution in [3.8, 4) is 0 Å². The highest BCUT2D eigenvalue weighted by molar-refractivity contribution is 5.75. The number of carbonyl (C=O) groups excluding carboxylic acids is 1. The molecule has 6 nitrogen and oxygen atoms in total. The van der Waals surface area contributed by atoms with Gasteiger partial charge >= 0.3 is 0 Å². The van der Waals surface area contributed by atoms with E-state index in [1.807, 2.05) is 0 Å². The molecule has 0 bridgehead atoms. The second-order valence-electron chi connectivity index (χ2n) is 3.04. The van der Waals surface area contributed by atoms with E-state index in [9.17, 15) is 4.79 Å². The molecule has 1 amide bonds. The minimum Gasteiger partial charge on any atom is -0.354 e. The molecule has 6 heteroatoms. The van der Waals surface area contributed by atoms with Crippen LogP contribution in [0.5, 0.6) is 0 Å². The largest absolute Gasteiger partial charge is 0.354 e. The van der Waals surface area contributed by atoms with Gasteiger partial charge in [0.05, 0.1) is 11.9 Å². The van der Waals surface area contributed by atoms with E-state index in [4.69, 9.17) is 5.73 Å². The molecule has 1 heterocycles. The van der Waals surface area contributed by atoms with Crippen molar-refractivity contribution in [2.24, 2.45) is 5.73 Å². The minimum absolute atomic E-state index is 0.0923. The van der Waals surface area contributed by atoms with Crippen LogP contribution in [0.15, 0.2) is 18.9 Å². The van der Waals surface area contributed by atoms with E-state index in [1.54, 1.807) is 12.3 Å². The van der Waals surface area contributed by atoms with E-state index in [2.05, 4.69) is 22.2 Å². The highest BCUT2D eigenvalue weighted by Gasteiger charge is 2.03. The van der Waals surface area contributed by atoms with Crippen molar-refractivity contribution in [3.63, 3.8) is 0 Å². The molecular weight excluding hydrogens is 194 g/mol. The molecule has 0 saturated carbocycles. The Balaban J connectivity index is 2.33. The lowest BCUT2D eigenvalue weighted by molar-refractivity contribution is -0.121. The summed E-state index contributed by atoms with van der Waals surface area (Å²) in [5.41, 5.74) is 6.04. The summed E-state index contributed by atoms with van der Waals surface area (Å²) in [5, 5.41) is 10.3. The number of aromatic nitrogens is 3. The molecule has 1 aromatic rings. The number of hydrogen-bond acceptors (Lipinski definition) is 4. The van der Waals surface area contributed by atoms with Gasteiger partial charge in [-0.1, -0.05) is 11.3 Å². The van der Waals surface area contributed by atoms with Crippen LogP contribution in [0.1, 0.15) is 12.1 Å². The van der Waals surface area contributed by atoms with Gasteiger partial charge in [0.2, 0.25) is 5.91 Å². The highest BCUT2D eigenvalue weighted by atomic mass is 16.2. The molecule has 0 radical (unpaired) electrons. The maximum absolute atomic E-state index is 11.3. The van der Waals surface area contributed by atoms with E-state index in [0.717, 1.165) is 6.42 Å². The van der Waals surface area contributed by atoms with E-state index in [0.29, 0.717) is 18.8 Å². The molecule has 0 atom stereocenters. The van der Waals surface area contributed by atoms with Gasteiger partial charge in [-0.2, -0.15) is 0 Å². The topological polar surface area (TPSA) is 85.8 Å². The Kier molecular flexibility index (Phi) is 4.49. The van der Waals surface area contributed by atoms with Crippen LogP contribution in [0, 0.1) is 0 Å². The van der Waals surface area contributed by atoms with E-state index >= 15 is 0 Å². The van der Waals surface area contributed by atoms with Crippen LogP contribution in [0.25, 0.3) is 0 Å². The van der Waals surface area contributed by atoms with E-state index in [1.165, 1.54) is 4.68 Å². The van der Waals surface area contributed by atoms with Gasteiger partial charge in [-0.25, -0.2) is 4.68 Å². The molecule has 0 unspecified atom stereocenters. The van der Waals surface area contributed by atoms with Crippen molar-refractivity contribution in [2.75, 3.05) is 6.54 Å². The van der Waals surface area contributed by atoms with Gasteiger partial charge < -0.3 is 11.1 Å². The Morgan fingerprint density at radius 1 is 1.73 bits per heavy atom. The summed E-state index contributed by atoms with van der Waals surface area (Å²) < 4.78 is 1.46. The Hall–Kier alpha value is -1.69. The van der Waals surface area contributed by atoms with Gasteiger partial charge in [0.25, 0.3) is 0 Å². The van der Waals surface area contributed by atoms with Crippen LogP contribution < -0.4 is 11.1 Å². The van der Waals surface area contributed by atoms with Gasteiger partial charge in [-0.15, -0.1) is 11.7 Å². The monoisotopic (exact) mass is 209 g/mol. The fourth-order valence-electron chi connectivity index (χ4n) is 1.03. The van der Waals surface area contributed by atoms with Crippen LogP contribution in [-0.4, -0.2) is 27.4 Å². The Morgan fingerprint density at radius 2 is 2.53 bits per heavy atom. The third-order valence-electron chi connectivity index (χ3n) is 1.77. The van der Waals surface area contributed by atoms with Crippen molar-refractivity contribution in [1.82, 2.24) is 20.3 Å². The van der Waals surface area contributed by atoms with Gasteiger partial charge in [-0.3, -0.25) is 4.79 Å². The van der Waals surface area contributed by atoms with Gasteiger partial charge in [0, 0.05) is 13.1 Å². The Morgan fingerprint density at radius 3 is 3.13 bits per heavy atom. The lowest BCUT2D eigenvalue weighted by atomic mass is 10.4. The van der Waals surface area contributed by atoms with Gasteiger partial charge in [0.1, 0.15) is 6.54 Å². The van der Waals surface area contributed by atoms with Crippen LogP contribution in [0.2, 0.25) is 0 Å². The molecule has 82 valence electrons. The summed E-state index contributed by atoms with van der Waals surface area (Å²) in [6.07, 6.45) is 4.17. The molecule has 0 aliphatic carbocycles. The lowest BCUT2D eigenvalue weighted by Gasteiger charge is -2.02. The van der Waals surface area contributed by atoms with Crippen LogP contribution in [-0.2, 0) is 17.9 Å². The minimum atomic E-state index is -0.0923. The summed E-state index contributed by atoms with van der Waals surface area (Å²) >= 11 is 0. The summed E-state index contributed by atoms with van der Waals surface area (Å²) in [7, 11) is 0. The number of nitrogens with two attached hydrogens (primary N) is 1. The number of carbonyl (C=O) groups is 1. The number of nitrogens with one attached hydrogen (secondary N) is 1. The summed E-state index contributed by atoms with van der Waals surface area (Å²) in [4.78, 5) is 11.3. The zero-order valence-electron chi connectivity index (χ0n) is 8.52. The van der Waals surface area contributed by atoms with E-state index in [-0.39, 0.29) is 12.5 Å². The quantitative estimate of drug-likeness (QED) is 0.485. The highest BCUT2D eigenvalue weighted by Crippen LogP contribution is 1.90. The number of nitrogens with zero attached hydrogens (tertiary/aromatic N) is 3. The summed E-state index contributed by atoms with van der Waals surface area (Å²) in [6, 6.07) is 0. The first kappa shape index (κ1) is 11.4. The molecule has 15 heavy (non-hydrogen) atoms. The number of rotatable bonds is 6. The van der Waals surface area contributed by atoms with Crippen LogP contribution in [0.4, 0.5) is 0 Å². The molecule has 0 aromatic carbocycles. The van der Waals surface area contributed by atoms with Crippen molar-refractivity contribution < 1.29 is 4.79 Å². The first-order valence-corrected chi connectivity index (χ1v) is 4.73. The average molecular weight is 209 g/mol. The predicted molar refractivity (Wildman–Crippen MR) is 55.7 cm³/mol. The van der Waals surface area contributed by atoms with Crippen LogP contribution in [0.3, 0.4) is 0 Å². The van der Waals surface area contributed by atoms with E-state index < -0.39 is 0 Å². The first-order chi connectivity index (χ1) is 7.26. The summed E-state index contributed by atoms with van der Waals surface area (Å²) in [6.45, 7) is 4.66. The zero-order valence-corrected chi connectivity index (χ0v) is 8.52. The standard InChI is InChI=1S/C9H15N5O/c1-2-3-4-11-9(15)7-14-6-8(5-10)12-13-14/h2,6H,1,3-5,7,10H2,(H,11,15). The Bertz CT molecular complexity index is 333. The Labute approximate surface area is 88.1 Å². The SMILES string of the molecule is C=CCCNC(=O)Cn1cc(CN)nn1. The first-order valence-electron chi connectivity index (χ1n) is 4.73. The second-order valence-corrected chi connectivity index (χ2v) is 3.04. The van der Waals surface area contributed by atoms with Crippen molar-refractivity contribution in [1.29, 1.82) is 0 Å². The lowest BCUT2D eigenvalue weighted by Crippen LogP contribution is -2.28. The number of hydrogen-bond donors (Lipinski definition) is 2. The van der Waals surface area contributed by atoms with Crippen molar-refractivity contribution in [3.05, 3.63) is 24.5 Å². The van der Waals surface area contributed by atoms with Crippen LogP contribution >= 0.6 is 0 Å². The van der Waals surface area contributed by atoms with Crippen molar-refractivity contribution in [2.45, 2.75) is 19.5 Å². The molecule has 0 saturated heterocycles. The summed E-state index contributed by atoms with van der Waals surface area (Å²) in [5.74, 6) is -0.0923. The van der Waals surface area contributed by atoms with Crippen molar-refractivity contribution >= 4 is 5.91 Å². The molecule has 1 rings (SSSR count). The molecule has 0 fully saturated rings. The fraction of sp³-hybridized carbons (Fsp3) is 0.444. The molecule has 1 aromatic heterocycles. The molecule has 0 aliphatic rings. The number of amides is 1. The maximum Gasteiger partial charge on any atom is 0.241 e. The second kappa shape index (κ2) is 5.92. The molecule has 3 N–H and O–H groups in total. The normalized spacial score (nSPS) is 9.93. The predicted octanol–water partition coefficient (Wildman–Crippen LogP) is -0.571. The zero-order chi connectivity index (χ0) is 11.1. The van der Waals surface area contributed by atoms with Gasteiger partial charge in [-0.05, 0) is 6.42 Å².